The Hall–Kier alpha value is -0.120. The fraction of sp³-hybridized carbons (Fsp3) is 1.00. The minimum atomic E-state index is 0.817. The van der Waals surface area contributed by atoms with E-state index in [1.165, 1.54) is 45.3 Å². The monoisotopic (exact) mass is 228 g/mol. The van der Waals surface area contributed by atoms with Crippen LogP contribution in [0.15, 0.2) is 0 Å². The summed E-state index contributed by atoms with van der Waals surface area (Å²) in [6, 6.07) is 0. The molecule has 1 heterocycles. The van der Waals surface area contributed by atoms with Crippen LogP contribution in [0.2, 0.25) is 0 Å². The van der Waals surface area contributed by atoms with Gasteiger partial charge in [0.25, 0.3) is 0 Å². The Kier molecular flexibility index (Phi) is 7.81. The molecule has 16 heavy (non-hydrogen) atoms. The largest absolute Gasteiger partial charge is 0.383 e. The Balaban J connectivity index is 2.03. The zero-order valence-corrected chi connectivity index (χ0v) is 11.0. The lowest BCUT2D eigenvalue weighted by Crippen LogP contribution is -2.34. The Morgan fingerprint density at radius 3 is 2.88 bits per heavy atom. The van der Waals surface area contributed by atoms with Crippen LogP contribution in [0, 0.1) is 5.92 Å². The van der Waals surface area contributed by atoms with Crippen molar-refractivity contribution < 1.29 is 4.74 Å². The van der Waals surface area contributed by atoms with Gasteiger partial charge in [-0.15, -0.1) is 0 Å². The Bertz CT molecular complexity index is 164. The van der Waals surface area contributed by atoms with Gasteiger partial charge in [-0.3, -0.25) is 0 Å². The summed E-state index contributed by atoms with van der Waals surface area (Å²) in [5.41, 5.74) is 0. The molecule has 96 valence electrons. The average molecular weight is 228 g/mol. The fourth-order valence-corrected chi connectivity index (χ4v) is 2.39. The summed E-state index contributed by atoms with van der Waals surface area (Å²) in [7, 11) is 1.75. The van der Waals surface area contributed by atoms with Crippen LogP contribution >= 0.6 is 0 Å². The van der Waals surface area contributed by atoms with Gasteiger partial charge in [-0.2, -0.15) is 0 Å². The van der Waals surface area contributed by atoms with Crippen LogP contribution in [0.5, 0.6) is 0 Å². The predicted molar refractivity (Wildman–Crippen MR) is 68.8 cm³/mol. The van der Waals surface area contributed by atoms with Crippen molar-refractivity contribution in [3.63, 3.8) is 0 Å². The number of rotatable bonds is 7. The smallest absolute Gasteiger partial charge is 0.0587 e. The molecule has 1 atom stereocenters. The Morgan fingerprint density at radius 2 is 2.12 bits per heavy atom. The third-order valence-corrected chi connectivity index (χ3v) is 3.61. The van der Waals surface area contributed by atoms with E-state index in [1.54, 1.807) is 7.11 Å². The first-order valence-corrected chi connectivity index (χ1v) is 6.78. The molecule has 0 aliphatic carbocycles. The maximum absolute atomic E-state index is 5.01. The molecule has 0 amide bonds. The molecule has 1 aliphatic rings. The van der Waals surface area contributed by atoms with Crippen LogP contribution in [0.3, 0.4) is 0 Å². The van der Waals surface area contributed by atoms with Crippen molar-refractivity contribution in [3.05, 3.63) is 0 Å². The molecule has 0 aromatic heterocycles. The molecule has 0 radical (unpaired) electrons. The Labute approximate surface area is 101 Å². The van der Waals surface area contributed by atoms with E-state index in [9.17, 15) is 0 Å². The van der Waals surface area contributed by atoms with Crippen LogP contribution in [0.4, 0.5) is 0 Å². The summed E-state index contributed by atoms with van der Waals surface area (Å²) in [6.45, 7) is 9.00. The fourth-order valence-electron chi connectivity index (χ4n) is 2.39. The van der Waals surface area contributed by atoms with E-state index in [-0.39, 0.29) is 0 Å². The van der Waals surface area contributed by atoms with Crippen LogP contribution in [0.1, 0.15) is 32.6 Å². The number of likely N-dealkylation sites (tertiary alicyclic amines) is 1. The molecule has 1 fully saturated rings. The normalized spacial score (nSPS) is 23.2. The summed E-state index contributed by atoms with van der Waals surface area (Å²) in [4.78, 5) is 2.61. The third-order valence-electron chi connectivity index (χ3n) is 3.61. The van der Waals surface area contributed by atoms with Gasteiger partial charge in [0, 0.05) is 26.7 Å². The second kappa shape index (κ2) is 8.97. The number of nitrogens with zero attached hydrogens (tertiary/aromatic N) is 1. The first kappa shape index (κ1) is 13.9. The zero-order chi connectivity index (χ0) is 11.6. The molecule has 0 bridgehead atoms. The molecule has 1 rings (SSSR count). The molecule has 0 saturated carbocycles. The molecule has 3 heteroatoms. The maximum Gasteiger partial charge on any atom is 0.0587 e. The molecule has 1 N–H and O–H groups in total. The lowest BCUT2D eigenvalue weighted by atomic mass is 9.98. The van der Waals surface area contributed by atoms with Crippen molar-refractivity contribution in [2.75, 3.05) is 46.4 Å². The third kappa shape index (κ3) is 5.83. The van der Waals surface area contributed by atoms with Gasteiger partial charge in [0.05, 0.1) is 6.61 Å². The highest BCUT2D eigenvalue weighted by Crippen LogP contribution is 2.19. The van der Waals surface area contributed by atoms with Crippen molar-refractivity contribution in [3.8, 4) is 0 Å². The number of hydrogen-bond acceptors (Lipinski definition) is 3. The van der Waals surface area contributed by atoms with Gasteiger partial charge >= 0.3 is 0 Å². The van der Waals surface area contributed by atoms with E-state index in [0.29, 0.717) is 0 Å². The van der Waals surface area contributed by atoms with Crippen molar-refractivity contribution >= 4 is 0 Å². The first-order chi connectivity index (χ1) is 7.86. The van der Waals surface area contributed by atoms with E-state index in [2.05, 4.69) is 17.1 Å². The number of nitrogens with one attached hydrogen (secondary N) is 1. The quantitative estimate of drug-likeness (QED) is 0.672. The lowest BCUT2D eigenvalue weighted by Gasteiger charge is -2.20. The van der Waals surface area contributed by atoms with Crippen molar-refractivity contribution in [2.45, 2.75) is 32.6 Å². The summed E-state index contributed by atoms with van der Waals surface area (Å²) < 4.78 is 5.01. The van der Waals surface area contributed by atoms with Crippen molar-refractivity contribution in [2.24, 2.45) is 5.92 Å². The van der Waals surface area contributed by atoms with Gasteiger partial charge in [-0.25, -0.2) is 0 Å². The molecule has 1 unspecified atom stereocenters. The van der Waals surface area contributed by atoms with E-state index in [4.69, 9.17) is 4.74 Å². The second-order valence-electron chi connectivity index (χ2n) is 4.79. The van der Waals surface area contributed by atoms with E-state index in [1.807, 2.05) is 0 Å². The maximum atomic E-state index is 5.01. The molecular weight excluding hydrogens is 200 g/mol. The SMILES string of the molecule is CCC1CCCN(CCNCCOC)CC1. The highest BCUT2D eigenvalue weighted by atomic mass is 16.5. The molecule has 0 aromatic rings. The molecule has 1 saturated heterocycles. The summed E-state index contributed by atoms with van der Waals surface area (Å²) in [5, 5.41) is 3.41. The molecular formula is C13H28N2O. The zero-order valence-electron chi connectivity index (χ0n) is 11.0. The van der Waals surface area contributed by atoms with Gasteiger partial charge in [0.2, 0.25) is 0 Å². The predicted octanol–water partition coefficient (Wildman–Crippen LogP) is 1.73. The van der Waals surface area contributed by atoms with E-state index < -0.39 is 0 Å². The average Bonchev–Trinajstić information content (AvgIpc) is 2.54. The standard InChI is InChI=1S/C13H28N2O/c1-3-13-5-4-9-15(10-6-13)11-7-14-8-12-16-2/h13-14H,3-12H2,1-2H3. The van der Waals surface area contributed by atoms with Crippen LogP contribution in [-0.2, 0) is 4.74 Å². The van der Waals surface area contributed by atoms with Crippen LogP contribution in [-0.4, -0.2) is 51.3 Å². The lowest BCUT2D eigenvalue weighted by molar-refractivity contribution is 0.196. The topological polar surface area (TPSA) is 24.5 Å². The van der Waals surface area contributed by atoms with Crippen LogP contribution < -0.4 is 5.32 Å². The number of methoxy groups -OCH3 is 1. The molecule has 1 aliphatic heterocycles. The van der Waals surface area contributed by atoms with Gasteiger partial charge < -0.3 is 15.0 Å². The van der Waals surface area contributed by atoms with Gasteiger partial charge in [0.15, 0.2) is 0 Å². The van der Waals surface area contributed by atoms with Crippen LogP contribution in [0.25, 0.3) is 0 Å². The number of hydrogen-bond donors (Lipinski definition) is 1. The highest BCUT2D eigenvalue weighted by Gasteiger charge is 2.14. The Morgan fingerprint density at radius 1 is 1.25 bits per heavy atom. The minimum absolute atomic E-state index is 0.817. The summed E-state index contributed by atoms with van der Waals surface area (Å²) in [6.07, 6.45) is 5.58. The van der Waals surface area contributed by atoms with Gasteiger partial charge in [-0.1, -0.05) is 13.3 Å². The molecule has 0 spiro atoms. The first-order valence-electron chi connectivity index (χ1n) is 6.78. The summed E-state index contributed by atoms with van der Waals surface area (Å²) in [5.74, 6) is 0.978. The molecule has 0 aromatic carbocycles. The van der Waals surface area contributed by atoms with Crippen molar-refractivity contribution in [1.29, 1.82) is 0 Å². The second-order valence-corrected chi connectivity index (χ2v) is 4.79. The minimum Gasteiger partial charge on any atom is -0.383 e. The van der Waals surface area contributed by atoms with E-state index in [0.717, 1.165) is 25.6 Å². The van der Waals surface area contributed by atoms with Crippen molar-refractivity contribution in [1.82, 2.24) is 10.2 Å². The number of ether oxygens (including phenoxy) is 1. The van der Waals surface area contributed by atoms with Gasteiger partial charge in [-0.05, 0) is 38.3 Å². The van der Waals surface area contributed by atoms with E-state index >= 15 is 0 Å². The van der Waals surface area contributed by atoms with Gasteiger partial charge in [0.1, 0.15) is 0 Å². The highest BCUT2D eigenvalue weighted by molar-refractivity contribution is 4.69. The molecule has 3 nitrogen and oxygen atoms in total. The summed E-state index contributed by atoms with van der Waals surface area (Å²) >= 11 is 0.